The van der Waals surface area contributed by atoms with Gasteiger partial charge in [0, 0.05) is 11.8 Å². The minimum Gasteiger partial charge on any atom is -0.478 e. The van der Waals surface area contributed by atoms with E-state index in [1.165, 1.54) is 17.1 Å². The average molecular weight is 219 g/mol. The fourth-order valence-corrected chi connectivity index (χ4v) is 1.27. The van der Waals surface area contributed by atoms with Gasteiger partial charge in [-0.2, -0.15) is 4.80 Å². The smallest absolute Gasteiger partial charge is 0.337 e. The quantitative estimate of drug-likeness (QED) is 0.779. The van der Waals surface area contributed by atoms with E-state index in [0.29, 0.717) is 17.1 Å². The molecule has 0 spiro atoms. The number of tetrazole rings is 1. The van der Waals surface area contributed by atoms with Crippen LogP contribution in [0.2, 0.25) is 0 Å². The maximum absolute atomic E-state index is 10.9. The van der Waals surface area contributed by atoms with E-state index in [2.05, 4.69) is 20.4 Å². The minimum absolute atomic E-state index is 0.143. The maximum atomic E-state index is 10.9. The van der Waals surface area contributed by atoms with Crippen molar-refractivity contribution >= 4 is 5.97 Å². The van der Waals surface area contributed by atoms with Gasteiger partial charge >= 0.3 is 5.97 Å². The zero-order valence-electron chi connectivity index (χ0n) is 8.75. The summed E-state index contributed by atoms with van der Waals surface area (Å²) in [7, 11) is 1.64. The third-order valence-electron chi connectivity index (χ3n) is 2.08. The number of aryl methyl sites for hydroxylation is 2. The van der Waals surface area contributed by atoms with Crippen molar-refractivity contribution in [3.63, 3.8) is 0 Å². The summed E-state index contributed by atoms with van der Waals surface area (Å²) in [5.74, 6) is -0.659. The molecule has 0 unspecified atom stereocenters. The molecule has 1 N–H and O–H groups in total. The second kappa shape index (κ2) is 3.69. The molecule has 0 saturated heterocycles. The Labute approximate surface area is 90.7 Å². The fraction of sp³-hybridized carbons (Fsp3) is 0.222. The first kappa shape index (κ1) is 10.2. The minimum atomic E-state index is -1.02. The predicted molar refractivity (Wildman–Crippen MR) is 53.7 cm³/mol. The number of rotatable bonds is 2. The van der Waals surface area contributed by atoms with Crippen molar-refractivity contribution in [3.8, 4) is 11.4 Å². The molecule has 0 bridgehead atoms. The Kier molecular flexibility index (Phi) is 2.35. The predicted octanol–water partition coefficient (Wildman–Crippen LogP) is 0.279. The zero-order valence-corrected chi connectivity index (χ0v) is 8.75. The van der Waals surface area contributed by atoms with Crippen molar-refractivity contribution in [2.24, 2.45) is 7.05 Å². The molecule has 0 aromatic carbocycles. The first-order valence-electron chi connectivity index (χ1n) is 4.52. The summed E-state index contributed by atoms with van der Waals surface area (Å²) in [4.78, 5) is 16.2. The van der Waals surface area contributed by atoms with Crippen LogP contribution in [0, 0.1) is 6.92 Å². The molecule has 0 fully saturated rings. The number of nitrogens with zero attached hydrogens (tertiary/aromatic N) is 5. The number of carboxylic acid groups (broad SMARTS) is 1. The lowest BCUT2D eigenvalue weighted by Gasteiger charge is -2.00. The van der Waals surface area contributed by atoms with Crippen LogP contribution < -0.4 is 0 Å². The number of aromatic carboxylic acids is 1. The molecule has 2 aromatic heterocycles. The van der Waals surface area contributed by atoms with Gasteiger partial charge < -0.3 is 5.11 Å². The fourth-order valence-electron chi connectivity index (χ4n) is 1.27. The molecule has 2 heterocycles. The van der Waals surface area contributed by atoms with Gasteiger partial charge in [0.25, 0.3) is 0 Å². The number of hydrogen-bond acceptors (Lipinski definition) is 5. The van der Waals surface area contributed by atoms with Crippen LogP contribution in [0.25, 0.3) is 11.4 Å². The Hall–Kier alpha value is -2.31. The molecule has 0 radical (unpaired) electrons. The maximum Gasteiger partial charge on any atom is 0.337 e. The van der Waals surface area contributed by atoms with Crippen LogP contribution in [0.1, 0.15) is 16.1 Å². The van der Waals surface area contributed by atoms with Crippen molar-refractivity contribution in [2.75, 3.05) is 0 Å². The second-order valence-corrected chi connectivity index (χ2v) is 3.26. The number of pyridine rings is 1. The number of carbonyl (C=O) groups is 1. The summed E-state index contributed by atoms with van der Waals surface area (Å²) in [6, 6.07) is 1.49. The third-order valence-corrected chi connectivity index (χ3v) is 2.08. The van der Waals surface area contributed by atoms with Crippen LogP contribution in [-0.4, -0.2) is 36.3 Å². The average Bonchev–Trinajstić information content (AvgIpc) is 2.65. The van der Waals surface area contributed by atoms with Gasteiger partial charge in [0.1, 0.15) is 0 Å². The Morgan fingerprint density at radius 2 is 2.25 bits per heavy atom. The van der Waals surface area contributed by atoms with E-state index < -0.39 is 5.97 Å². The lowest BCUT2D eigenvalue weighted by molar-refractivity contribution is 0.0695. The molecule has 0 aliphatic heterocycles. The lowest BCUT2D eigenvalue weighted by Crippen LogP contribution is -2.02. The van der Waals surface area contributed by atoms with Gasteiger partial charge in [-0.1, -0.05) is 0 Å². The molecule has 0 saturated carbocycles. The molecular weight excluding hydrogens is 210 g/mol. The van der Waals surface area contributed by atoms with E-state index in [-0.39, 0.29) is 5.56 Å². The first-order valence-corrected chi connectivity index (χ1v) is 4.52. The van der Waals surface area contributed by atoms with E-state index in [1.54, 1.807) is 14.0 Å². The van der Waals surface area contributed by atoms with Crippen LogP contribution in [0.4, 0.5) is 0 Å². The van der Waals surface area contributed by atoms with Crippen molar-refractivity contribution in [3.05, 3.63) is 23.5 Å². The Morgan fingerprint density at radius 1 is 1.50 bits per heavy atom. The molecule has 0 aliphatic rings. The SMILES string of the molecule is Cc1ncc(-c2nnn(C)n2)cc1C(=O)O. The summed E-state index contributed by atoms with van der Waals surface area (Å²) < 4.78 is 0. The molecule has 2 rings (SSSR count). The van der Waals surface area contributed by atoms with Crippen LogP contribution >= 0.6 is 0 Å². The number of hydrogen-bond donors (Lipinski definition) is 1. The summed E-state index contributed by atoms with van der Waals surface area (Å²) in [6.07, 6.45) is 1.53. The molecule has 0 atom stereocenters. The van der Waals surface area contributed by atoms with Crippen molar-refractivity contribution in [2.45, 2.75) is 6.92 Å². The van der Waals surface area contributed by atoms with E-state index in [9.17, 15) is 4.79 Å². The highest BCUT2D eigenvalue weighted by molar-refractivity contribution is 5.90. The molecule has 0 amide bonds. The Bertz CT molecular complexity index is 549. The van der Waals surface area contributed by atoms with E-state index in [4.69, 9.17) is 5.11 Å². The lowest BCUT2D eigenvalue weighted by atomic mass is 10.1. The van der Waals surface area contributed by atoms with E-state index >= 15 is 0 Å². The highest BCUT2D eigenvalue weighted by Crippen LogP contribution is 2.16. The Morgan fingerprint density at radius 3 is 2.81 bits per heavy atom. The van der Waals surface area contributed by atoms with Crippen LogP contribution in [0.3, 0.4) is 0 Å². The standard InChI is InChI=1S/C9H9N5O2/c1-5-7(9(15)16)3-6(4-10-5)8-11-13-14(2)12-8/h3-4H,1-2H3,(H,15,16). The van der Waals surface area contributed by atoms with Crippen LogP contribution in [-0.2, 0) is 7.05 Å². The van der Waals surface area contributed by atoms with Crippen LogP contribution in [0.5, 0.6) is 0 Å². The highest BCUT2D eigenvalue weighted by atomic mass is 16.4. The van der Waals surface area contributed by atoms with Gasteiger partial charge in [0.15, 0.2) is 0 Å². The van der Waals surface area contributed by atoms with Gasteiger partial charge in [0.05, 0.1) is 18.3 Å². The van der Waals surface area contributed by atoms with E-state index in [1.807, 2.05) is 0 Å². The molecule has 16 heavy (non-hydrogen) atoms. The van der Waals surface area contributed by atoms with Gasteiger partial charge in [-0.15, -0.1) is 10.2 Å². The van der Waals surface area contributed by atoms with Crippen molar-refractivity contribution < 1.29 is 9.90 Å². The van der Waals surface area contributed by atoms with Crippen LogP contribution in [0.15, 0.2) is 12.3 Å². The summed E-state index contributed by atoms with van der Waals surface area (Å²) in [5, 5.41) is 20.4. The molecule has 7 nitrogen and oxygen atoms in total. The third kappa shape index (κ3) is 1.74. The van der Waals surface area contributed by atoms with Crippen molar-refractivity contribution in [1.29, 1.82) is 0 Å². The molecular formula is C9H9N5O2. The first-order chi connectivity index (χ1) is 7.58. The summed E-state index contributed by atoms with van der Waals surface area (Å²) >= 11 is 0. The Balaban J connectivity index is 2.51. The second-order valence-electron chi connectivity index (χ2n) is 3.26. The van der Waals surface area contributed by atoms with Gasteiger partial charge in [-0.3, -0.25) is 4.98 Å². The van der Waals surface area contributed by atoms with Crippen molar-refractivity contribution in [1.82, 2.24) is 25.2 Å². The molecule has 7 heteroatoms. The number of carboxylic acids is 1. The monoisotopic (exact) mass is 219 g/mol. The largest absolute Gasteiger partial charge is 0.478 e. The molecule has 0 aliphatic carbocycles. The van der Waals surface area contributed by atoms with E-state index in [0.717, 1.165) is 0 Å². The summed E-state index contributed by atoms with van der Waals surface area (Å²) in [6.45, 7) is 1.64. The van der Waals surface area contributed by atoms with Gasteiger partial charge in [-0.05, 0) is 18.2 Å². The molecule has 82 valence electrons. The highest BCUT2D eigenvalue weighted by Gasteiger charge is 2.12. The topological polar surface area (TPSA) is 93.8 Å². The molecule has 2 aromatic rings. The normalized spacial score (nSPS) is 10.4. The van der Waals surface area contributed by atoms with Gasteiger partial charge in [-0.25, -0.2) is 4.79 Å². The zero-order chi connectivity index (χ0) is 11.7. The summed E-state index contributed by atoms with van der Waals surface area (Å²) in [5.41, 5.74) is 1.14. The van der Waals surface area contributed by atoms with Gasteiger partial charge in [0.2, 0.25) is 5.82 Å². The number of aromatic nitrogens is 5.